The largest absolute Gasteiger partial charge is 0.481 e. The van der Waals surface area contributed by atoms with Crippen LogP contribution in [0.2, 0.25) is 0 Å². The second-order valence-corrected chi connectivity index (χ2v) is 4.04. The minimum Gasteiger partial charge on any atom is -0.481 e. The Bertz CT molecular complexity index is 363. The maximum absolute atomic E-state index is 10.5. The van der Waals surface area contributed by atoms with Crippen molar-refractivity contribution in [3.63, 3.8) is 0 Å². The molecule has 0 atom stereocenters. The van der Waals surface area contributed by atoms with Gasteiger partial charge in [-0.3, -0.25) is 14.7 Å². The van der Waals surface area contributed by atoms with E-state index in [4.69, 9.17) is 5.11 Å². The highest BCUT2D eigenvalue weighted by atomic mass is 16.4. The number of hydrogen-bond donors (Lipinski definition) is 1. The lowest BCUT2D eigenvalue weighted by atomic mass is 10.3. The molecule has 2 heterocycles. The Kier molecular flexibility index (Phi) is 3.87. The average molecular weight is 236 g/mol. The minimum atomic E-state index is -0.735. The van der Waals surface area contributed by atoms with E-state index < -0.39 is 5.97 Å². The summed E-state index contributed by atoms with van der Waals surface area (Å²) >= 11 is 0. The molecule has 0 bridgehead atoms. The molecule has 0 radical (unpaired) electrons. The van der Waals surface area contributed by atoms with Crippen molar-refractivity contribution in [1.82, 2.24) is 14.9 Å². The van der Waals surface area contributed by atoms with Crippen LogP contribution in [0, 0.1) is 0 Å². The van der Waals surface area contributed by atoms with Crippen LogP contribution < -0.4 is 4.90 Å². The summed E-state index contributed by atoms with van der Waals surface area (Å²) in [5.74, 6) is 0.159. The Morgan fingerprint density at radius 3 is 2.65 bits per heavy atom. The van der Waals surface area contributed by atoms with Crippen LogP contribution in [0.25, 0.3) is 0 Å². The molecule has 0 aliphatic carbocycles. The Morgan fingerprint density at radius 1 is 1.29 bits per heavy atom. The zero-order chi connectivity index (χ0) is 12.1. The molecule has 1 saturated heterocycles. The molecule has 0 saturated carbocycles. The van der Waals surface area contributed by atoms with Gasteiger partial charge in [0.15, 0.2) is 0 Å². The number of carboxylic acids is 1. The summed E-state index contributed by atoms with van der Waals surface area (Å²) in [5, 5.41) is 8.62. The maximum Gasteiger partial charge on any atom is 0.304 e. The Morgan fingerprint density at radius 2 is 2.06 bits per heavy atom. The number of aromatic nitrogens is 2. The summed E-state index contributed by atoms with van der Waals surface area (Å²) in [6, 6.07) is 0. The van der Waals surface area contributed by atoms with Gasteiger partial charge in [0.2, 0.25) is 0 Å². The third-order valence-electron chi connectivity index (χ3n) is 2.89. The number of anilines is 1. The number of carbonyl (C=O) groups is 1. The standard InChI is InChI=1S/C11H16N4O2/c16-11(17)1-4-14-5-7-15(8-6-14)10-9-12-2-3-13-10/h2-3,9H,1,4-8H2,(H,16,17). The highest BCUT2D eigenvalue weighted by Crippen LogP contribution is 2.11. The van der Waals surface area contributed by atoms with Crippen molar-refractivity contribution >= 4 is 11.8 Å². The van der Waals surface area contributed by atoms with Gasteiger partial charge in [-0.25, -0.2) is 4.98 Å². The highest BCUT2D eigenvalue weighted by Gasteiger charge is 2.18. The molecule has 0 aromatic carbocycles. The van der Waals surface area contributed by atoms with Gasteiger partial charge in [-0.1, -0.05) is 0 Å². The molecular formula is C11H16N4O2. The number of nitrogens with zero attached hydrogens (tertiary/aromatic N) is 4. The summed E-state index contributed by atoms with van der Waals surface area (Å²) in [6.07, 6.45) is 5.32. The van der Waals surface area contributed by atoms with E-state index in [0.29, 0.717) is 6.54 Å². The third-order valence-corrected chi connectivity index (χ3v) is 2.89. The number of carboxylic acid groups (broad SMARTS) is 1. The first kappa shape index (κ1) is 11.8. The van der Waals surface area contributed by atoms with E-state index >= 15 is 0 Å². The summed E-state index contributed by atoms with van der Waals surface area (Å²) in [6.45, 7) is 4.13. The Labute approximate surface area is 99.9 Å². The molecule has 2 rings (SSSR count). The van der Waals surface area contributed by atoms with Crippen molar-refractivity contribution < 1.29 is 9.90 Å². The Balaban J connectivity index is 1.80. The van der Waals surface area contributed by atoms with Gasteiger partial charge in [0.1, 0.15) is 5.82 Å². The molecule has 6 nitrogen and oxygen atoms in total. The highest BCUT2D eigenvalue weighted by molar-refractivity contribution is 5.66. The molecule has 6 heteroatoms. The molecule has 0 spiro atoms. The first-order chi connectivity index (χ1) is 8.25. The SMILES string of the molecule is O=C(O)CCN1CCN(c2cnccn2)CC1. The van der Waals surface area contributed by atoms with Crippen molar-refractivity contribution in [3.8, 4) is 0 Å². The van der Waals surface area contributed by atoms with Gasteiger partial charge in [-0.05, 0) is 0 Å². The predicted molar refractivity (Wildman–Crippen MR) is 62.9 cm³/mol. The van der Waals surface area contributed by atoms with Gasteiger partial charge < -0.3 is 10.0 Å². The number of rotatable bonds is 4. The number of hydrogen-bond acceptors (Lipinski definition) is 5. The molecule has 1 aliphatic rings. The van der Waals surface area contributed by atoms with Crippen molar-refractivity contribution in [2.24, 2.45) is 0 Å². The van der Waals surface area contributed by atoms with Crippen LogP contribution >= 0.6 is 0 Å². The van der Waals surface area contributed by atoms with E-state index in [1.807, 2.05) is 0 Å². The van der Waals surface area contributed by atoms with Crippen LogP contribution in [0.4, 0.5) is 5.82 Å². The lowest BCUT2D eigenvalue weighted by Gasteiger charge is -2.34. The Hall–Kier alpha value is -1.69. The van der Waals surface area contributed by atoms with Gasteiger partial charge in [-0.2, -0.15) is 0 Å². The van der Waals surface area contributed by atoms with Crippen LogP contribution in [0.1, 0.15) is 6.42 Å². The number of aliphatic carboxylic acids is 1. The molecule has 1 aromatic rings. The normalized spacial score (nSPS) is 17.1. The quantitative estimate of drug-likeness (QED) is 0.798. The van der Waals surface area contributed by atoms with Gasteiger partial charge in [0.25, 0.3) is 0 Å². The fourth-order valence-corrected chi connectivity index (χ4v) is 1.91. The van der Waals surface area contributed by atoms with Crippen LogP contribution in [-0.4, -0.2) is 58.7 Å². The minimum absolute atomic E-state index is 0.213. The van der Waals surface area contributed by atoms with E-state index in [1.165, 1.54) is 0 Å². The fourth-order valence-electron chi connectivity index (χ4n) is 1.91. The molecule has 17 heavy (non-hydrogen) atoms. The van der Waals surface area contributed by atoms with Crippen molar-refractivity contribution in [1.29, 1.82) is 0 Å². The van der Waals surface area contributed by atoms with Gasteiger partial charge in [-0.15, -0.1) is 0 Å². The van der Waals surface area contributed by atoms with E-state index in [1.54, 1.807) is 18.6 Å². The van der Waals surface area contributed by atoms with Crippen LogP contribution in [0.5, 0.6) is 0 Å². The monoisotopic (exact) mass is 236 g/mol. The molecule has 1 aromatic heterocycles. The molecule has 0 unspecified atom stereocenters. The molecular weight excluding hydrogens is 220 g/mol. The predicted octanol–water partition coefficient (Wildman–Crippen LogP) is 0.0733. The first-order valence-electron chi connectivity index (χ1n) is 5.71. The smallest absolute Gasteiger partial charge is 0.304 e. The summed E-state index contributed by atoms with van der Waals surface area (Å²) in [7, 11) is 0. The van der Waals surface area contributed by atoms with Crippen LogP contribution in [-0.2, 0) is 4.79 Å². The summed E-state index contributed by atoms with van der Waals surface area (Å²) in [4.78, 5) is 23.1. The van der Waals surface area contributed by atoms with E-state index in [9.17, 15) is 4.79 Å². The summed E-state index contributed by atoms with van der Waals surface area (Å²) < 4.78 is 0. The topological polar surface area (TPSA) is 69.6 Å². The van der Waals surface area contributed by atoms with Crippen LogP contribution in [0.3, 0.4) is 0 Å². The van der Waals surface area contributed by atoms with Gasteiger partial charge >= 0.3 is 5.97 Å². The van der Waals surface area contributed by atoms with E-state index in [0.717, 1.165) is 32.0 Å². The van der Waals surface area contributed by atoms with E-state index in [-0.39, 0.29) is 6.42 Å². The first-order valence-corrected chi connectivity index (χ1v) is 5.71. The zero-order valence-electron chi connectivity index (χ0n) is 9.62. The average Bonchev–Trinajstić information content (AvgIpc) is 2.38. The summed E-state index contributed by atoms with van der Waals surface area (Å²) in [5.41, 5.74) is 0. The lowest BCUT2D eigenvalue weighted by Crippen LogP contribution is -2.47. The molecule has 1 aliphatic heterocycles. The van der Waals surface area contributed by atoms with Crippen molar-refractivity contribution in [3.05, 3.63) is 18.6 Å². The maximum atomic E-state index is 10.5. The molecule has 0 amide bonds. The number of piperazine rings is 1. The second kappa shape index (κ2) is 5.58. The second-order valence-electron chi connectivity index (χ2n) is 4.04. The molecule has 92 valence electrons. The lowest BCUT2D eigenvalue weighted by molar-refractivity contribution is -0.137. The van der Waals surface area contributed by atoms with Gasteiger partial charge in [0.05, 0.1) is 12.6 Å². The van der Waals surface area contributed by atoms with E-state index in [2.05, 4.69) is 19.8 Å². The van der Waals surface area contributed by atoms with Crippen LogP contribution in [0.15, 0.2) is 18.6 Å². The van der Waals surface area contributed by atoms with Crippen molar-refractivity contribution in [2.45, 2.75) is 6.42 Å². The zero-order valence-corrected chi connectivity index (χ0v) is 9.62. The van der Waals surface area contributed by atoms with Gasteiger partial charge in [0, 0.05) is 45.1 Å². The van der Waals surface area contributed by atoms with Crippen molar-refractivity contribution in [2.75, 3.05) is 37.6 Å². The third kappa shape index (κ3) is 3.39. The molecule has 1 fully saturated rings. The molecule has 1 N–H and O–H groups in total. The fraction of sp³-hybridized carbons (Fsp3) is 0.545.